The van der Waals surface area contributed by atoms with Crippen molar-refractivity contribution in [2.45, 2.75) is 18.9 Å². The summed E-state index contributed by atoms with van der Waals surface area (Å²) < 4.78 is 1.82. The zero-order chi connectivity index (χ0) is 17.2. The van der Waals surface area contributed by atoms with Crippen molar-refractivity contribution < 1.29 is 0 Å². The number of para-hydroxylation sites is 1. The van der Waals surface area contributed by atoms with Gasteiger partial charge in [0.25, 0.3) is 5.56 Å². The Bertz CT molecular complexity index is 937. The van der Waals surface area contributed by atoms with Gasteiger partial charge in [0, 0.05) is 12.7 Å². The van der Waals surface area contributed by atoms with E-state index in [1.165, 1.54) is 0 Å². The van der Waals surface area contributed by atoms with Crippen LogP contribution in [-0.2, 0) is 0 Å². The van der Waals surface area contributed by atoms with Crippen LogP contribution in [0.3, 0.4) is 0 Å². The largest absolute Gasteiger partial charge is 0.324 e. The molecule has 3 heterocycles. The minimum Gasteiger partial charge on any atom is -0.324 e. The van der Waals surface area contributed by atoms with Gasteiger partial charge in [-0.05, 0) is 50.7 Å². The summed E-state index contributed by atoms with van der Waals surface area (Å²) in [5, 5.41) is 3.95. The number of pyridine rings is 1. The molecule has 2 aromatic heterocycles. The van der Waals surface area contributed by atoms with Crippen molar-refractivity contribution >= 4 is 22.5 Å². The number of anilines is 2. The van der Waals surface area contributed by atoms with E-state index in [0.29, 0.717) is 16.9 Å². The minimum atomic E-state index is 0.0114. The van der Waals surface area contributed by atoms with Gasteiger partial charge in [0.1, 0.15) is 0 Å². The maximum absolute atomic E-state index is 13.2. The Morgan fingerprint density at radius 2 is 2.08 bits per heavy atom. The highest BCUT2D eigenvalue weighted by molar-refractivity contribution is 5.79. The van der Waals surface area contributed by atoms with E-state index >= 15 is 0 Å². The zero-order valence-corrected chi connectivity index (χ0v) is 14.2. The Balaban J connectivity index is 1.86. The Morgan fingerprint density at radius 1 is 1.20 bits per heavy atom. The molecule has 1 atom stereocenters. The first-order valence-electron chi connectivity index (χ1n) is 8.59. The van der Waals surface area contributed by atoms with Crippen LogP contribution in [0.1, 0.15) is 18.9 Å². The molecule has 3 aromatic rings. The van der Waals surface area contributed by atoms with Gasteiger partial charge < -0.3 is 10.2 Å². The van der Waals surface area contributed by atoms with Crippen molar-refractivity contribution in [3.8, 4) is 0 Å². The van der Waals surface area contributed by atoms with Gasteiger partial charge >= 0.3 is 0 Å². The number of benzene rings is 1. The lowest BCUT2D eigenvalue weighted by atomic mass is 10.1. The smallest absolute Gasteiger partial charge is 0.263 e. The van der Waals surface area contributed by atoms with Crippen molar-refractivity contribution in [3.05, 3.63) is 59.1 Å². The predicted molar refractivity (Wildman–Crippen MR) is 99.3 cm³/mol. The Hall–Kier alpha value is -2.73. The summed E-state index contributed by atoms with van der Waals surface area (Å²) in [5.41, 5.74) is 1.54. The number of likely N-dealkylation sites (tertiary alicyclic amines) is 1. The fraction of sp³-hybridized carbons (Fsp3) is 0.316. The number of hydrogen-bond donors (Lipinski definition) is 1. The summed E-state index contributed by atoms with van der Waals surface area (Å²) in [6, 6.07) is 11.4. The summed E-state index contributed by atoms with van der Waals surface area (Å²) in [6.07, 6.45) is 5.51. The maximum Gasteiger partial charge on any atom is 0.263 e. The third-order valence-corrected chi connectivity index (χ3v) is 4.69. The number of aromatic nitrogens is 3. The molecule has 6 heteroatoms. The van der Waals surface area contributed by atoms with E-state index in [-0.39, 0.29) is 11.6 Å². The Morgan fingerprint density at radius 3 is 2.88 bits per heavy atom. The lowest BCUT2D eigenvalue weighted by Crippen LogP contribution is -2.38. The molecule has 128 valence electrons. The van der Waals surface area contributed by atoms with Crippen molar-refractivity contribution in [3.63, 3.8) is 0 Å². The van der Waals surface area contributed by atoms with Crippen LogP contribution in [-0.4, -0.2) is 39.6 Å². The summed E-state index contributed by atoms with van der Waals surface area (Å²) >= 11 is 0. The van der Waals surface area contributed by atoms with Crippen LogP contribution in [0.25, 0.3) is 10.9 Å². The normalized spacial score (nSPS) is 18.4. The van der Waals surface area contributed by atoms with Crippen LogP contribution in [0.4, 0.5) is 11.6 Å². The van der Waals surface area contributed by atoms with Gasteiger partial charge in [0.05, 0.1) is 28.8 Å². The topological polar surface area (TPSA) is 63.1 Å². The Kier molecular flexibility index (Phi) is 4.19. The molecule has 0 aliphatic carbocycles. The number of nitrogens with one attached hydrogen (secondary N) is 1. The van der Waals surface area contributed by atoms with Crippen LogP contribution in [0.5, 0.6) is 0 Å². The van der Waals surface area contributed by atoms with Gasteiger partial charge in [-0.3, -0.25) is 14.3 Å². The first-order chi connectivity index (χ1) is 12.2. The van der Waals surface area contributed by atoms with Crippen LogP contribution in [0, 0.1) is 0 Å². The molecule has 0 unspecified atom stereocenters. The number of likely N-dealkylation sites (N-methyl/N-ethyl adjacent to an activating group) is 1. The molecule has 0 bridgehead atoms. The third-order valence-electron chi connectivity index (χ3n) is 4.69. The second-order valence-corrected chi connectivity index (χ2v) is 6.55. The second-order valence-electron chi connectivity index (χ2n) is 6.55. The number of piperidine rings is 1. The molecular weight excluding hydrogens is 314 g/mol. The predicted octanol–water partition coefficient (Wildman–Crippen LogP) is 2.80. The standard InChI is InChI=1S/C19H21N5O/c1-23-11-5-7-15(13-23)24-18(25)16-8-2-3-9-17(16)22-19(24)21-14-6-4-10-20-12-14/h2-4,6,8-10,12,15H,5,7,11,13H2,1H3,(H,21,22)/t15-/m0/s1. The van der Waals surface area contributed by atoms with Crippen LogP contribution >= 0.6 is 0 Å². The van der Waals surface area contributed by atoms with Crippen molar-refractivity contribution in [1.82, 2.24) is 19.4 Å². The summed E-state index contributed by atoms with van der Waals surface area (Å²) in [5.74, 6) is 0.581. The van der Waals surface area contributed by atoms with Gasteiger partial charge in [-0.15, -0.1) is 0 Å². The molecule has 4 rings (SSSR count). The molecular formula is C19H21N5O. The van der Waals surface area contributed by atoms with E-state index in [4.69, 9.17) is 4.98 Å². The quantitative estimate of drug-likeness (QED) is 0.797. The molecule has 1 saturated heterocycles. The van der Waals surface area contributed by atoms with E-state index < -0.39 is 0 Å². The average molecular weight is 335 g/mol. The number of nitrogens with zero attached hydrogens (tertiary/aromatic N) is 4. The van der Waals surface area contributed by atoms with Crippen LogP contribution < -0.4 is 10.9 Å². The van der Waals surface area contributed by atoms with Gasteiger partial charge in [0.2, 0.25) is 5.95 Å². The molecule has 1 aliphatic rings. The highest BCUT2D eigenvalue weighted by atomic mass is 16.1. The average Bonchev–Trinajstić information content (AvgIpc) is 2.63. The van der Waals surface area contributed by atoms with E-state index in [1.807, 2.05) is 41.0 Å². The van der Waals surface area contributed by atoms with E-state index in [1.54, 1.807) is 12.4 Å². The van der Waals surface area contributed by atoms with Gasteiger partial charge in [-0.1, -0.05) is 12.1 Å². The minimum absolute atomic E-state index is 0.0114. The van der Waals surface area contributed by atoms with Crippen molar-refractivity contribution in [2.24, 2.45) is 0 Å². The molecule has 0 spiro atoms. The van der Waals surface area contributed by atoms with E-state index in [9.17, 15) is 4.79 Å². The van der Waals surface area contributed by atoms with E-state index in [2.05, 4.69) is 22.2 Å². The fourth-order valence-corrected chi connectivity index (χ4v) is 3.49. The molecule has 0 saturated carbocycles. The van der Waals surface area contributed by atoms with Crippen LogP contribution in [0.2, 0.25) is 0 Å². The summed E-state index contributed by atoms with van der Waals surface area (Å²) in [4.78, 5) is 24.3. The molecule has 1 N–H and O–H groups in total. The zero-order valence-electron chi connectivity index (χ0n) is 14.2. The first kappa shape index (κ1) is 15.8. The number of hydrogen-bond acceptors (Lipinski definition) is 5. The number of fused-ring (bicyclic) bond motifs is 1. The lowest BCUT2D eigenvalue weighted by Gasteiger charge is -2.32. The van der Waals surface area contributed by atoms with Gasteiger partial charge in [-0.2, -0.15) is 0 Å². The monoisotopic (exact) mass is 335 g/mol. The molecule has 25 heavy (non-hydrogen) atoms. The first-order valence-corrected chi connectivity index (χ1v) is 8.59. The highest BCUT2D eigenvalue weighted by Crippen LogP contribution is 2.25. The highest BCUT2D eigenvalue weighted by Gasteiger charge is 2.24. The SMILES string of the molecule is CN1CCC[C@H](n2c(Nc3cccnc3)nc3ccccc3c2=O)C1. The third kappa shape index (κ3) is 3.13. The molecule has 1 aromatic carbocycles. The van der Waals surface area contributed by atoms with Crippen LogP contribution in [0.15, 0.2) is 53.6 Å². The molecule has 0 radical (unpaired) electrons. The lowest BCUT2D eigenvalue weighted by molar-refractivity contribution is 0.210. The second kappa shape index (κ2) is 6.64. The van der Waals surface area contributed by atoms with Gasteiger partial charge in [-0.25, -0.2) is 4.98 Å². The van der Waals surface area contributed by atoms with Crippen molar-refractivity contribution in [2.75, 3.05) is 25.5 Å². The number of rotatable bonds is 3. The molecule has 6 nitrogen and oxygen atoms in total. The van der Waals surface area contributed by atoms with Crippen molar-refractivity contribution in [1.29, 1.82) is 0 Å². The summed E-state index contributed by atoms with van der Waals surface area (Å²) in [7, 11) is 2.10. The molecule has 1 aliphatic heterocycles. The molecule has 1 fully saturated rings. The summed E-state index contributed by atoms with van der Waals surface area (Å²) in [6.45, 7) is 1.92. The Labute approximate surface area is 146 Å². The fourth-order valence-electron chi connectivity index (χ4n) is 3.49. The maximum atomic E-state index is 13.2. The van der Waals surface area contributed by atoms with E-state index in [0.717, 1.165) is 31.6 Å². The van der Waals surface area contributed by atoms with Gasteiger partial charge in [0.15, 0.2) is 0 Å². The molecule has 0 amide bonds.